The van der Waals surface area contributed by atoms with Crippen molar-refractivity contribution in [2.45, 2.75) is 40.5 Å². The van der Waals surface area contributed by atoms with Gasteiger partial charge in [0.15, 0.2) is 0 Å². The summed E-state index contributed by atoms with van der Waals surface area (Å²) in [5, 5.41) is 14.5. The van der Waals surface area contributed by atoms with Crippen molar-refractivity contribution in [2.24, 2.45) is 0 Å². The molecule has 2 aromatic carbocycles. The van der Waals surface area contributed by atoms with Crippen molar-refractivity contribution in [3.8, 4) is 6.07 Å². The Kier molecular flexibility index (Phi) is 9.37. The Morgan fingerprint density at radius 1 is 1.07 bits per heavy atom. The van der Waals surface area contributed by atoms with Gasteiger partial charge in [0.25, 0.3) is 5.91 Å². The highest BCUT2D eigenvalue weighted by atomic mass is 16.5. The second-order valence-corrected chi connectivity index (χ2v) is 7.30. The molecule has 30 heavy (non-hydrogen) atoms. The topological polar surface area (TPSA) is 65.4 Å². The lowest BCUT2D eigenvalue weighted by Crippen LogP contribution is -2.28. The van der Waals surface area contributed by atoms with Crippen LogP contribution in [-0.2, 0) is 9.53 Å². The van der Waals surface area contributed by atoms with Gasteiger partial charge in [0.1, 0.15) is 11.6 Å². The Morgan fingerprint density at radius 2 is 1.73 bits per heavy atom. The zero-order valence-corrected chi connectivity index (χ0v) is 18.6. The predicted molar refractivity (Wildman–Crippen MR) is 124 cm³/mol. The minimum atomic E-state index is -0.361. The molecule has 2 aromatic rings. The SMILES string of the molecule is CCCN(CCC)c1ccc2cc(/C(C)=C(\C#N)C(=O)NCCOCC)ccc2c1. The summed E-state index contributed by atoms with van der Waals surface area (Å²) in [6, 6.07) is 14.6. The monoisotopic (exact) mass is 407 g/mol. The molecule has 160 valence electrons. The highest BCUT2D eigenvalue weighted by molar-refractivity contribution is 6.05. The summed E-state index contributed by atoms with van der Waals surface area (Å²) in [5.74, 6) is -0.361. The van der Waals surface area contributed by atoms with Crippen molar-refractivity contribution in [3.05, 3.63) is 47.5 Å². The first-order valence-corrected chi connectivity index (χ1v) is 10.8. The van der Waals surface area contributed by atoms with Gasteiger partial charge in [-0.15, -0.1) is 0 Å². The van der Waals surface area contributed by atoms with Gasteiger partial charge < -0.3 is 15.0 Å². The van der Waals surface area contributed by atoms with Crippen molar-refractivity contribution in [2.75, 3.05) is 37.7 Å². The first-order valence-electron chi connectivity index (χ1n) is 10.8. The maximum Gasteiger partial charge on any atom is 0.262 e. The van der Waals surface area contributed by atoms with E-state index in [9.17, 15) is 10.1 Å². The van der Waals surface area contributed by atoms with Crippen LogP contribution >= 0.6 is 0 Å². The Bertz CT molecular complexity index is 922. The molecular weight excluding hydrogens is 374 g/mol. The highest BCUT2D eigenvalue weighted by Gasteiger charge is 2.14. The molecule has 0 atom stereocenters. The van der Waals surface area contributed by atoms with Gasteiger partial charge in [-0.3, -0.25) is 4.79 Å². The number of hydrogen-bond acceptors (Lipinski definition) is 4. The van der Waals surface area contributed by atoms with Crippen LogP contribution in [0.5, 0.6) is 0 Å². The number of nitrogens with zero attached hydrogens (tertiary/aromatic N) is 2. The van der Waals surface area contributed by atoms with Gasteiger partial charge in [0.2, 0.25) is 0 Å². The van der Waals surface area contributed by atoms with E-state index in [0.717, 1.165) is 42.3 Å². The Morgan fingerprint density at radius 3 is 2.37 bits per heavy atom. The molecule has 0 saturated heterocycles. The van der Waals surface area contributed by atoms with Crippen LogP contribution in [0.25, 0.3) is 16.3 Å². The standard InChI is InChI=1S/C25H33N3O2/c1-5-13-28(14-6-2)23-11-10-21-16-20(8-9-22(21)17-23)19(4)24(18-26)25(29)27-12-15-30-7-3/h8-11,16-17H,5-7,12-15H2,1-4H3,(H,27,29)/b24-19+. The molecule has 0 heterocycles. The zero-order chi connectivity index (χ0) is 21.9. The molecule has 5 heteroatoms. The maximum absolute atomic E-state index is 12.4. The Hall–Kier alpha value is -2.84. The van der Waals surface area contributed by atoms with Crippen LogP contribution in [0.4, 0.5) is 5.69 Å². The number of allylic oxidation sites excluding steroid dienone is 1. The van der Waals surface area contributed by atoms with E-state index in [4.69, 9.17) is 4.74 Å². The van der Waals surface area contributed by atoms with E-state index in [2.05, 4.69) is 54.4 Å². The lowest BCUT2D eigenvalue weighted by Gasteiger charge is -2.24. The molecule has 0 unspecified atom stereocenters. The normalized spacial score (nSPS) is 11.7. The fraction of sp³-hybridized carbons (Fsp3) is 0.440. The first-order chi connectivity index (χ1) is 14.5. The third-order valence-electron chi connectivity index (χ3n) is 5.06. The number of rotatable bonds is 11. The number of carbonyl (C=O) groups excluding carboxylic acids is 1. The van der Waals surface area contributed by atoms with Gasteiger partial charge in [0.05, 0.1) is 6.61 Å². The fourth-order valence-electron chi connectivity index (χ4n) is 3.49. The average Bonchev–Trinajstić information content (AvgIpc) is 2.76. The van der Waals surface area contributed by atoms with Crippen LogP contribution in [-0.4, -0.2) is 38.8 Å². The summed E-state index contributed by atoms with van der Waals surface area (Å²) in [7, 11) is 0. The minimum absolute atomic E-state index is 0.138. The van der Waals surface area contributed by atoms with Crippen LogP contribution in [0.15, 0.2) is 42.0 Å². The lowest BCUT2D eigenvalue weighted by atomic mass is 9.98. The Balaban J connectivity index is 2.28. The first kappa shape index (κ1) is 23.4. The van der Waals surface area contributed by atoms with Crippen molar-refractivity contribution >= 4 is 27.9 Å². The fourth-order valence-corrected chi connectivity index (χ4v) is 3.49. The van der Waals surface area contributed by atoms with E-state index in [0.29, 0.717) is 25.3 Å². The van der Waals surface area contributed by atoms with Gasteiger partial charge in [0, 0.05) is 31.9 Å². The van der Waals surface area contributed by atoms with Crippen molar-refractivity contribution in [3.63, 3.8) is 0 Å². The molecule has 0 fully saturated rings. The molecule has 5 nitrogen and oxygen atoms in total. The molecule has 1 N–H and O–H groups in total. The number of nitrogens with one attached hydrogen (secondary N) is 1. The second kappa shape index (κ2) is 12.0. The summed E-state index contributed by atoms with van der Waals surface area (Å²) in [6.07, 6.45) is 2.23. The van der Waals surface area contributed by atoms with Crippen molar-refractivity contribution in [1.29, 1.82) is 5.26 Å². The number of benzene rings is 2. The van der Waals surface area contributed by atoms with Crippen LogP contribution in [0.1, 0.15) is 46.1 Å². The maximum atomic E-state index is 12.4. The molecule has 0 aliphatic heterocycles. The van der Waals surface area contributed by atoms with Gasteiger partial charge >= 0.3 is 0 Å². The number of carbonyl (C=O) groups is 1. The molecular formula is C25H33N3O2. The third-order valence-corrected chi connectivity index (χ3v) is 5.06. The van der Waals surface area contributed by atoms with E-state index in [-0.39, 0.29) is 11.5 Å². The van der Waals surface area contributed by atoms with Gasteiger partial charge in [-0.05, 0) is 66.8 Å². The number of hydrogen-bond donors (Lipinski definition) is 1. The molecule has 0 aliphatic rings. The lowest BCUT2D eigenvalue weighted by molar-refractivity contribution is -0.117. The molecule has 0 radical (unpaired) electrons. The van der Waals surface area contributed by atoms with E-state index in [1.165, 1.54) is 5.69 Å². The van der Waals surface area contributed by atoms with Crippen LogP contribution in [0.2, 0.25) is 0 Å². The minimum Gasteiger partial charge on any atom is -0.380 e. The van der Waals surface area contributed by atoms with Crippen molar-refractivity contribution in [1.82, 2.24) is 5.32 Å². The van der Waals surface area contributed by atoms with Crippen molar-refractivity contribution < 1.29 is 9.53 Å². The van der Waals surface area contributed by atoms with Gasteiger partial charge in [-0.25, -0.2) is 0 Å². The van der Waals surface area contributed by atoms with Crippen LogP contribution in [0, 0.1) is 11.3 Å². The summed E-state index contributed by atoms with van der Waals surface area (Å²) < 4.78 is 5.23. The number of ether oxygens (including phenoxy) is 1. The van der Waals surface area contributed by atoms with E-state index in [1.807, 2.05) is 26.0 Å². The van der Waals surface area contributed by atoms with E-state index in [1.54, 1.807) is 0 Å². The summed E-state index contributed by atoms with van der Waals surface area (Å²) in [6.45, 7) is 11.6. The molecule has 0 bridgehead atoms. The highest BCUT2D eigenvalue weighted by Crippen LogP contribution is 2.27. The molecule has 1 amide bonds. The summed E-state index contributed by atoms with van der Waals surface area (Å²) in [5.41, 5.74) is 2.93. The van der Waals surface area contributed by atoms with Gasteiger partial charge in [-0.2, -0.15) is 5.26 Å². The number of fused-ring (bicyclic) bond motifs is 1. The van der Waals surface area contributed by atoms with Gasteiger partial charge in [-0.1, -0.05) is 32.0 Å². The number of nitriles is 1. The Labute approximate surface area is 180 Å². The van der Waals surface area contributed by atoms with E-state index >= 15 is 0 Å². The third kappa shape index (κ3) is 6.08. The molecule has 2 rings (SSSR count). The van der Waals surface area contributed by atoms with Crippen LogP contribution in [0.3, 0.4) is 0 Å². The largest absolute Gasteiger partial charge is 0.380 e. The average molecular weight is 408 g/mol. The molecule has 0 aliphatic carbocycles. The quantitative estimate of drug-likeness (QED) is 0.326. The second-order valence-electron chi connectivity index (χ2n) is 7.30. The number of anilines is 1. The predicted octanol–water partition coefficient (Wildman–Crippen LogP) is 4.92. The summed E-state index contributed by atoms with van der Waals surface area (Å²) >= 11 is 0. The molecule has 0 saturated carbocycles. The van der Waals surface area contributed by atoms with E-state index < -0.39 is 0 Å². The van der Waals surface area contributed by atoms with Crippen LogP contribution < -0.4 is 10.2 Å². The molecule has 0 aromatic heterocycles. The number of amides is 1. The zero-order valence-electron chi connectivity index (χ0n) is 18.6. The molecule has 0 spiro atoms. The summed E-state index contributed by atoms with van der Waals surface area (Å²) in [4.78, 5) is 14.8. The smallest absolute Gasteiger partial charge is 0.262 e.